The Kier molecular flexibility index (Phi) is 10.6. The number of hydrogen-bond acceptors (Lipinski definition) is 8. The van der Waals surface area contributed by atoms with Crippen molar-refractivity contribution in [1.29, 1.82) is 0 Å². The van der Waals surface area contributed by atoms with E-state index in [2.05, 4.69) is 65.5 Å². The minimum Gasteiger partial charge on any atom is -0.769 e. The van der Waals surface area contributed by atoms with E-state index >= 15 is 0 Å². The van der Waals surface area contributed by atoms with Crippen LogP contribution in [0.1, 0.15) is 96.3 Å². The van der Waals surface area contributed by atoms with Crippen LogP contribution in [0.4, 0.5) is 11.4 Å². The van der Waals surface area contributed by atoms with E-state index in [9.17, 15) is 25.6 Å². The maximum absolute atomic E-state index is 12.9. The number of fused-ring (bicyclic) bond motifs is 1. The van der Waals surface area contributed by atoms with Gasteiger partial charge in [0.25, 0.3) is 0 Å². The van der Waals surface area contributed by atoms with E-state index in [0.29, 0.717) is 54.3 Å². The van der Waals surface area contributed by atoms with Gasteiger partial charge in [0.05, 0.1) is 11.3 Å². The first-order valence-corrected chi connectivity index (χ1v) is 15.7. The fourth-order valence-corrected chi connectivity index (χ4v) is 7.48. The monoisotopic (exact) mass is 592 g/mol. The summed E-state index contributed by atoms with van der Waals surface area (Å²) < 4.78 is 5.75. The summed E-state index contributed by atoms with van der Waals surface area (Å²) in [6, 6.07) is 3.19. The normalized spacial score (nSPS) is 29.3. The molecule has 1 aromatic carbocycles. The quantitative estimate of drug-likeness (QED) is 0.166. The average molecular weight is 593 g/mol. The first-order chi connectivity index (χ1) is 20.3. The molecule has 3 saturated carbocycles. The summed E-state index contributed by atoms with van der Waals surface area (Å²) in [7, 11) is 0. The standard InChI is InChI=1S/C35H48N2O6/c1-22(2)23(3)9-10-25(5)32-15-16-33-26(8-7-17-35(32,33)6)12-13-27-20-31(14-11-24(27)4)43-34(38)28-18-29(36(39)40)21-30(19-28)37(41)42/h9-10,12-13,18-19,21-23,25,31-33,39-40H,4,7-8,11,14-17,20H2,1-3,5-6H3/q-2. The van der Waals surface area contributed by atoms with E-state index in [1.165, 1.54) is 31.3 Å². The van der Waals surface area contributed by atoms with Gasteiger partial charge in [-0.15, -0.1) is 5.23 Å². The highest BCUT2D eigenvalue weighted by Crippen LogP contribution is 2.59. The number of rotatable bonds is 9. The van der Waals surface area contributed by atoms with E-state index in [1.54, 1.807) is 0 Å². The third kappa shape index (κ3) is 7.60. The molecule has 0 radical (unpaired) electrons. The second kappa shape index (κ2) is 13.8. The molecule has 2 N–H and O–H groups in total. The van der Waals surface area contributed by atoms with Gasteiger partial charge in [-0.1, -0.05) is 76.6 Å². The smallest absolute Gasteiger partial charge is 0.338 e. The lowest BCUT2D eigenvalue weighted by Crippen LogP contribution is -2.35. The molecule has 236 valence electrons. The van der Waals surface area contributed by atoms with Crippen LogP contribution in [0.2, 0.25) is 0 Å². The molecule has 3 aliphatic rings. The molecule has 0 spiro atoms. The summed E-state index contributed by atoms with van der Waals surface area (Å²) >= 11 is 0. The van der Waals surface area contributed by atoms with Crippen molar-refractivity contribution in [3.8, 4) is 0 Å². The third-order valence-electron chi connectivity index (χ3n) is 10.5. The van der Waals surface area contributed by atoms with Gasteiger partial charge >= 0.3 is 5.97 Å². The highest BCUT2D eigenvalue weighted by Gasteiger charge is 2.50. The highest BCUT2D eigenvalue weighted by molar-refractivity contribution is 5.92. The van der Waals surface area contributed by atoms with Crippen LogP contribution in [-0.2, 0) is 4.74 Å². The molecule has 6 atom stereocenters. The SMILES string of the molecule is C=C1CCC(OC(=O)c2cc(N([O-])[O-])cc(N(O)O)c2)CC1=CC=C1CCCC2(C)C1CCC2C(C)C=CC(C)C(C)C. The van der Waals surface area contributed by atoms with Crippen molar-refractivity contribution >= 4 is 17.3 Å². The number of carbonyl (C=O) groups is 1. The lowest BCUT2D eigenvalue weighted by atomic mass is 9.61. The van der Waals surface area contributed by atoms with Gasteiger partial charge in [0.1, 0.15) is 6.10 Å². The third-order valence-corrected chi connectivity index (χ3v) is 10.5. The number of carbonyl (C=O) groups excluding carboxylic acids is 1. The van der Waals surface area contributed by atoms with Crippen molar-refractivity contribution in [2.75, 3.05) is 10.5 Å². The zero-order chi connectivity index (χ0) is 31.5. The summed E-state index contributed by atoms with van der Waals surface area (Å²) in [6.45, 7) is 16.0. The van der Waals surface area contributed by atoms with Crippen molar-refractivity contribution < 1.29 is 19.9 Å². The van der Waals surface area contributed by atoms with Gasteiger partial charge in [0.2, 0.25) is 0 Å². The predicted molar refractivity (Wildman–Crippen MR) is 171 cm³/mol. The molecular weight excluding hydrogens is 544 g/mol. The van der Waals surface area contributed by atoms with Crippen LogP contribution < -0.4 is 10.5 Å². The van der Waals surface area contributed by atoms with Crippen LogP contribution >= 0.6 is 0 Å². The van der Waals surface area contributed by atoms with Crippen LogP contribution in [0.5, 0.6) is 0 Å². The molecule has 0 aliphatic heterocycles. The Morgan fingerprint density at radius 1 is 1.05 bits per heavy atom. The van der Waals surface area contributed by atoms with Gasteiger partial charge in [0.15, 0.2) is 0 Å². The summed E-state index contributed by atoms with van der Waals surface area (Å²) in [5, 5.41) is 40.3. The van der Waals surface area contributed by atoms with Gasteiger partial charge in [-0.2, -0.15) is 0 Å². The Hall–Kier alpha value is -2.91. The highest BCUT2D eigenvalue weighted by atomic mass is 16.8. The van der Waals surface area contributed by atoms with E-state index in [4.69, 9.17) is 4.74 Å². The molecule has 0 amide bonds. The molecule has 3 aliphatic carbocycles. The first kappa shape index (κ1) is 33.0. The number of benzene rings is 1. The predicted octanol–water partition coefficient (Wildman–Crippen LogP) is 8.89. The fraction of sp³-hybridized carbons (Fsp3) is 0.571. The minimum atomic E-state index is -0.743. The van der Waals surface area contributed by atoms with Crippen LogP contribution in [0.15, 0.2) is 65.8 Å². The summed E-state index contributed by atoms with van der Waals surface area (Å²) in [5.74, 6) is 2.30. The van der Waals surface area contributed by atoms with Crippen molar-refractivity contribution in [2.24, 2.45) is 35.0 Å². The lowest BCUT2D eigenvalue weighted by Gasteiger charge is -2.44. The van der Waals surface area contributed by atoms with Crippen LogP contribution in [-0.4, -0.2) is 22.5 Å². The average Bonchev–Trinajstić information content (AvgIpc) is 3.33. The van der Waals surface area contributed by atoms with Crippen molar-refractivity contribution in [2.45, 2.75) is 92.1 Å². The first-order valence-electron chi connectivity index (χ1n) is 15.7. The van der Waals surface area contributed by atoms with Crippen LogP contribution in [0.3, 0.4) is 0 Å². The van der Waals surface area contributed by atoms with E-state index in [0.717, 1.165) is 35.8 Å². The molecule has 3 fully saturated rings. The molecule has 0 bridgehead atoms. The molecule has 8 nitrogen and oxygen atoms in total. The molecule has 8 heteroatoms. The molecule has 43 heavy (non-hydrogen) atoms. The van der Waals surface area contributed by atoms with Crippen LogP contribution in [0.25, 0.3) is 0 Å². The van der Waals surface area contributed by atoms with E-state index < -0.39 is 23.0 Å². The second-order valence-electron chi connectivity index (χ2n) is 13.5. The zero-order valence-corrected chi connectivity index (χ0v) is 26.3. The number of hydrogen-bond donors (Lipinski definition) is 2. The Morgan fingerprint density at radius 3 is 2.44 bits per heavy atom. The Morgan fingerprint density at radius 2 is 1.77 bits per heavy atom. The van der Waals surface area contributed by atoms with E-state index in [-0.39, 0.29) is 16.5 Å². The number of allylic oxidation sites excluding steroid dienone is 6. The molecule has 4 rings (SSSR count). The Balaban J connectivity index is 1.46. The summed E-state index contributed by atoms with van der Waals surface area (Å²) in [5.41, 5.74) is 3.07. The lowest BCUT2D eigenvalue weighted by molar-refractivity contribution is 0.0265. The van der Waals surface area contributed by atoms with Crippen molar-refractivity contribution in [1.82, 2.24) is 0 Å². The topological polar surface area (TPSA) is 119 Å². The maximum Gasteiger partial charge on any atom is 0.338 e. The van der Waals surface area contributed by atoms with Gasteiger partial charge in [0, 0.05) is 12.1 Å². The van der Waals surface area contributed by atoms with Crippen molar-refractivity contribution in [3.63, 3.8) is 0 Å². The molecule has 0 heterocycles. The van der Waals surface area contributed by atoms with E-state index in [1.807, 2.05) is 0 Å². The molecule has 0 saturated heterocycles. The molecular formula is C35H48N2O6-2. The number of esters is 1. The number of anilines is 2. The maximum atomic E-state index is 12.9. The van der Waals surface area contributed by atoms with Gasteiger partial charge in [-0.05, 0) is 104 Å². The Labute approximate surface area is 256 Å². The fourth-order valence-electron chi connectivity index (χ4n) is 7.48. The van der Waals surface area contributed by atoms with Gasteiger partial charge < -0.3 is 20.4 Å². The van der Waals surface area contributed by atoms with Gasteiger partial charge in [-0.3, -0.25) is 10.4 Å². The minimum absolute atomic E-state index is 0.116. The molecule has 1 aromatic rings. The zero-order valence-electron chi connectivity index (χ0n) is 26.3. The van der Waals surface area contributed by atoms with Crippen molar-refractivity contribution in [3.05, 3.63) is 81.8 Å². The largest absolute Gasteiger partial charge is 0.769 e. The summed E-state index contributed by atoms with van der Waals surface area (Å²) in [6.07, 6.45) is 16.8. The Bertz CT molecular complexity index is 1240. The summed E-state index contributed by atoms with van der Waals surface area (Å²) in [4.78, 5) is 12.9. The van der Waals surface area contributed by atoms with Gasteiger partial charge in [-0.25, -0.2) is 4.79 Å². The number of nitrogens with zero attached hydrogens (tertiary/aromatic N) is 2. The van der Waals surface area contributed by atoms with Crippen LogP contribution in [0, 0.1) is 45.4 Å². The molecule has 6 unspecified atom stereocenters. The second-order valence-corrected chi connectivity index (χ2v) is 13.5. The number of ether oxygens (including phenoxy) is 1. The molecule has 0 aromatic heterocycles.